The molecule has 1 unspecified atom stereocenters. The van der Waals surface area contributed by atoms with Gasteiger partial charge in [0.25, 0.3) is 0 Å². The number of halogens is 3. The maximum absolute atomic E-state index is 15.5. The molecule has 0 heterocycles. The lowest BCUT2D eigenvalue weighted by molar-refractivity contribution is 0.187. The predicted molar refractivity (Wildman–Crippen MR) is 196 cm³/mol. The maximum Gasteiger partial charge on any atom is 0.201 e. The van der Waals surface area contributed by atoms with E-state index in [2.05, 4.69) is 19.9 Å². The fourth-order valence-electron chi connectivity index (χ4n) is 8.06. The van der Waals surface area contributed by atoms with Crippen LogP contribution < -0.4 is 4.74 Å². The van der Waals surface area contributed by atoms with Gasteiger partial charge in [-0.25, -0.2) is 8.78 Å². The number of rotatable bonds is 17. The molecule has 3 aromatic rings. The smallest absolute Gasteiger partial charge is 0.201 e. The van der Waals surface area contributed by atoms with Gasteiger partial charge < -0.3 is 4.74 Å². The van der Waals surface area contributed by atoms with Gasteiger partial charge in [-0.2, -0.15) is 4.39 Å². The van der Waals surface area contributed by atoms with Crippen molar-refractivity contribution in [3.8, 4) is 28.0 Å². The minimum absolute atomic E-state index is 0.0432. The largest absolute Gasteiger partial charge is 0.490 e. The molecule has 5 rings (SSSR count). The van der Waals surface area contributed by atoms with E-state index in [1.807, 2.05) is 24.3 Å². The SMILES string of the molecule is CCCCCCCCCOc1ccc(-c2ccc(-c3ccc(C4=CCC(C5CCC(CCCCC)CC5)CC4)c(F)c3)cc2)c(F)c1F. The second-order valence-corrected chi connectivity index (χ2v) is 14.5. The molecule has 2 aliphatic rings. The predicted octanol–water partition coefficient (Wildman–Crippen LogP) is 14.1. The Labute approximate surface area is 288 Å². The number of hydrogen-bond donors (Lipinski definition) is 0. The second-order valence-electron chi connectivity index (χ2n) is 14.5. The number of hydrogen-bond acceptors (Lipinski definition) is 1. The van der Waals surface area contributed by atoms with Gasteiger partial charge in [-0.1, -0.05) is 133 Å². The Kier molecular flexibility index (Phi) is 14.1. The lowest BCUT2D eigenvalue weighted by Crippen LogP contribution is -2.23. The summed E-state index contributed by atoms with van der Waals surface area (Å²) in [6, 6.07) is 15.8. The molecule has 4 heteroatoms. The highest BCUT2D eigenvalue weighted by Crippen LogP contribution is 2.43. The molecule has 1 atom stereocenters. The Balaban J connectivity index is 1.13. The molecule has 0 bridgehead atoms. The van der Waals surface area contributed by atoms with Crippen LogP contribution in [-0.2, 0) is 0 Å². The molecule has 260 valence electrons. The summed E-state index contributed by atoms with van der Waals surface area (Å²) in [5.41, 5.74) is 4.20. The number of unbranched alkanes of at least 4 members (excludes halogenated alkanes) is 8. The molecule has 0 aliphatic heterocycles. The third-order valence-corrected chi connectivity index (χ3v) is 11.1. The molecule has 0 saturated heterocycles. The van der Waals surface area contributed by atoms with Gasteiger partial charge in [0.05, 0.1) is 6.61 Å². The topological polar surface area (TPSA) is 9.23 Å². The zero-order chi connectivity index (χ0) is 33.7. The fourth-order valence-corrected chi connectivity index (χ4v) is 8.06. The average molecular weight is 659 g/mol. The summed E-state index contributed by atoms with van der Waals surface area (Å²) in [6.45, 7) is 4.86. The van der Waals surface area contributed by atoms with Gasteiger partial charge in [0.1, 0.15) is 5.82 Å². The maximum atomic E-state index is 15.5. The van der Waals surface area contributed by atoms with Gasteiger partial charge in [-0.3, -0.25) is 0 Å². The van der Waals surface area contributed by atoms with E-state index >= 15 is 8.78 Å². The summed E-state index contributed by atoms with van der Waals surface area (Å²) in [5.74, 6) is 0.400. The fraction of sp³-hybridized carbons (Fsp3) is 0.545. The summed E-state index contributed by atoms with van der Waals surface area (Å²) in [4.78, 5) is 0. The third-order valence-electron chi connectivity index (χ3n) is 11.1. The average Bonchev–Trinajstić information content (AvgIpc) is 3.12. The van der Waals surface area contributed by atoms with E-state index in [0.717, 1.165) is 73.0 Å². The highest BCUT2D eigenvalue weighted by molar-refractivity contribution is 5.74. The van der Waals surface area contributed by atoms with Gasteiger partial charge in [-0.15, -0.1) is 0 Å². The number of ether oxygens (including phenoxy) is 1. The first-order valence-electron chi connectivity index (χ1n) is 19.2. The van der Waals surface area contributed by atoms with Gasteiger partial charge in [-0.05, 0) is 96.7 Å². The Bertz CT molecular complexity index is 1450. The van der Waals surface area contributed by atoms with Crippen LogP contribution >= 0.6 is 0 Å². The van der Waals surface area contributed by atoms with Crippen LogP contribution in [0.15, 0.2) is 60.7 Å². The Morgan fingerprint density at radius 3 is 1.94 bits per heavy atom. The first kappa shape index (κ1) is 36.3. The second kappa shape index (κ2) is 18.7. The van der Waals surface area contributed by atoms with Crippen molar-refractivity contribution in [2.24, 2.45) is 17.8 Å². The van der Waals surface area contributed by atoms with Crippen LogP contribution in [0.25, 0.3) is 27.8 Å². The Hall–Kier alpha value is -3.01. The molecule has 0 aromatic heterocycles. The van der Waals surface area contributed by atoms with Crippen LogP contribution in [0.1, 0.15) is 135 Å². The molecule has 0 spiro atoms. The number of benzene rings is 3. The Morgan fingerprint density at radius 1 is 0.604 bits per heavy atom. The van der Waals surface area contributed by atoms with Gasteiger partial charge in [0.2, 0.25) is 5.82 Å². The minimum atomic E-state index is -0.953. The van der Waals surface area contributed by atoms with Crippen LogP contribution in [0.4, 0.5) is 13.2 Å². The lowest BCUT2D eigenvalue weighted by atomic mass is 9.70. The molecule has 1 fully saturated rings. The first-order valence-corrected chi connectivity index (χ1v) is 19.2. The van der Waals surface area contributed by atoms with Crippen LogP contribution in [0.3, 0.4) is 0 Å². The van der Waals surface area contributed by atoms with E-state index in [1.165, 1.54) is 83.1 Å². The summed E-state index contributed by atoms with van der Waals surface area (Å²) in [5, 5.41) is 0. The molecule has 2 aliphatic carbocycles. The minimum Gasteiger partial charge on any atom is -0.490 e. The van der Waals surface area contributed by atoms with Crippen LogP contribution in [0, 0.1) is 35.2 Å². The normalized spacial score (nSPS) is 19.7. The molecule has 3 aromatic carbocycles. The first-order chi connectivity index (χ1) is 23.5. The highest BCUT2D eigenvalue weighted by Gasteiger charge is 2.29. The Morgan fingerprint density at radius 2 is 1.25 bits per heavy atom. The van der Waals surface area contributed by atoms with Crippen molar-refractivity contribution in [2.45, 2.75) is 129 Å². The summed E-state index contributed by atoms with van der Waals surface area (Å²) < 4.78 is 51.0. The van der Waals surface area contributed by atoms with E-state index in [4.69, 9.17) is 4.74 Å². The summed E-state index contributed by atoms with van der Waals surface area (Å²) in [7, 11) is 0. The van der Waals surface area contributed by atoms with Crippen molar-refractivity contribution < 1.29 is 17.9 Å². The van der Waals surface area contributed by atoms with Crippen LogP contribution in [0.5, 0.6) is 5.75 Å². The third kappa shape index (κ3) is 9.79. The molecule has 1 nitrogen and oxygen atoms in total. The number of allylic oxidation sites excluding steroid dienone is 2. The molecule has 0 radical (unpaired) electrons. The summed E-state index contributed by atoms with van der Waals surface area (Å²) in [6.07, 6.45) is 24.4. The van der Waals surface area contributed by atoms with Crippen molar-refractivity contribution in [2.75, 3.05) is 6.61 Å². The van der Waals surface area contributed by atoms with Crippen molar-refractivity contribution in [1.82, 2.24) is 0 Å². The molecular weight excluding hydrogens is 601 g/mol. The van der Waals surface area contributed by atoms with Crippen LogP contribution in [-0.4, -0.2) is 6.61 Å². The van der Waals surface area contributed by atoms with Gasteiger partial charge in [0.15, 0.2) is 11.6 Å². The molecule has 0 N–H and O–H groups in total. The molecular formula is C44H57F3O. The molecule has 0 amide bonds. The van der Waals surface area contributed by atoms with Gasteiger partial charge >= 0.3 is 0 Å². The van der Waals surface area contributed by atoms with Crippen molar-refractivity contribution in [3.63, 3.8) is 0 Å². The van der Waals surface area contributed by atoms with E-state index in [-0.39, 0.29) is 17.1 Å². The van der Waals surface area contributed by atoms with Crippen molar-refractivity contribution >= 4 is 5.57 Å². The summed E-state index contributed by atoms with van der Waals surface area (Å²) >= 11 is 0. The zero-order valence-electron chi connectivity index (χ0n) is 29.5. The van der Waals surface area contributed by atoms with E-state index in [9.17, 15) is 4.39 Å². The quantitative estimate of drug-likeness (QED) is 0.131. The monoisotopic (exact) mass is 658 g/mol. The van der Waals surface area contributed by atoms with E-state index in [0.29, 0.717) is 17.7 Å². The molecule has 1 saturated carbocycles. The van der Waals surface area contributed by atoms with E-state index in [1.54, 1.807) is 24.3 Å². The van der Waals surface area contributed by atoms with Gasteiger partial charge in [0, 0.05) is 11.1 Å². The van der Waals surface area contributed by atoms with Crippen molar-refractivity contribution in [1.29, 1.82) is 0 Å². The standard InChI is InChI=1S/C44H57F3O/c1-3-5-7-8-9-10-12-30-48-42-29-28-40(43(46)44(42)47)37-24-20-35(21-25-37)38-26-27-39(41(45)31-38)36-22-18-34(19-23-36)33-16-14-32(15-17-33)13-11-6-4-2/h20-22,24-29,31-34H,3-19,23,30H2,1-2H3. The molecule has 48 heavy (non-hydrogen) atoms. The van der Waals surface area contributed by atoms with Crippen LogP contribution in [0.2, 0.25) is 0 Å². The van der Waals surface area contributed by atoms with E-state index < -0.39 is 11.6 Å². The zero-order valence-corrected chi connectivity index (χ0v) is 29.5. The van der Waals surface area contributed by atoms with Crippen molar-refractivity contribution in [3.05, 3.63) is 83.7 Å². The lowest BCUT2D eigenvalue weighted by Gasteiger charge is -2.35. The highest BCUT2D eigenvalue weighted by atomic mass is 19.2.